The Morgan fingerprint density at radius 2 is 2.21 bits per heavy atom. The highest BCUT2D eigenvalue weighted by Crippen LogP contribution is 2.34. The Labute approximate surface area is 98.9 Å². The Bertz CT molecular complexity index is 447. The standard InChI is InChI=1S/C9H9BrN2S2/c1-5-12-9(7(4-11)13-5)6-2-3-8(10)14-6/h2-3H,4,11H2,1H3. The summed E-state index contributed by atoms with van der Waals surface area (Å²) in [5, 5.41) is 1.07. The van der Waals surface area contributed by atoms with Crippen molar-refractivity contribution in [2.24, 2.45) is 5.73 Å². The molecule has 2 N–H and O–H groups in total. The molecule has 5 heteroatoms. The van der Waals surface area contributed by atoms with Crippen LogP contribution in [0.4, 0.5) is 0 Å². The third-order valence-corrected chi connectivity index (χ3v) is 4.42. The number of nitrogens with two attached hydrogens (primary N) is 1. The molecule has 2 rings (SSSR count). The first-order valence-corrected chi connectivity index (χ1v) is 6.55. The molecule has 0 spiro atoms. The third-order valence-electron chi connectivity index (χ3n) is 1.80. The lowest BCUT2D eigenvalue weighted by atomic mass is 10.3. The summed E-state index contributed by atoms with van der Waals surface area (Å²) < 4.78 is 1.13. The zero-order chi connectivity index (χ0) is 10.1. The fraction of sp³-hybridized carbons (Fsp3) is 0.222. The summed E-state index contributed by atoms with van der Waals surface area (Å²) in [6.45, 7) is 2.58. The first kappa shape index (κ1) is 10.3. The third kappa shape index (κ3) is 1.91. The molecule has 74 valence electrons. The van der Waals surface area contributed by atoms with Crippen molar-refractivity contribution < 1.29 is 0 Å². The summed E-state index contributed by atoms with van der Waals surface area (Å²) >= 11 is 6.81. The van der Waals surface area contributed by atoms with E-state index in [1.165, 1.54) is 4.88 Å². The Kier molecular flexibility index (Phi) is 3.02. The average Bonchev–Trinajstić information content (AvgIpc) is 2.71. The molecule has 2 heterocycles. The molecule has 0 radical (unpaired) electrons. The van der Waals surface area contributed by atoms with Gasteiger partial charge in [-0.15, -0.1) is 22.7 Å². The maximum absolute atomic E-state index is 5.67. The van der Waals surface area contributed by atoms with Gasteiger partial charge in [-0.2, -0.15) is 0 Å². The van der Waals surface area contributed by atoms with E-state index >= 15 is 0 Å². The van der Waals surface area contributed by atoms with E-state index in [1.54, 1.807) is 22.7 Å². The van der Waals surface area contributed by atoms with Crippen LogP contribution in [0.1, 0.15) is 9.88 Å². The van der Waals surface area contributed by atoms with Gasteiger partial charge >= 0.3 is 0 Å². The Balaban J connectivity index is 2.49. The van der Waals surface area contributed by atoms with Crippen LogP contribution < -0.4 is 5.73 Å². The lowest BCUT2D eigenvalue weighted by Gasteiger charge is -1.94. The molecule has 0 fully saturated rings. The molecule has 0 bridgehead atoms. The van der Waals surface area contributed by atoms with Crippen molar-refractivity contribution in [1.29, 1.82) is 0 Å². The van der Waals surface area contributed by atoms with E-state index in [0.717, 1.165) is 19.4 Å². The predicted octanol–water partition coefficient (Wildman–Crippen LogP) is 3.40. The number of aryl methyl sites for hydroxylation is 1. The van der Waals surface area contributed by atoms with Gasteiger partial charge in [0, 0.05) is 11.4 Å². The van der Waals surface area contributed by atoms with Crippen LogP contribution in [-0.2, 0) is 6.54 Å². The largest absolute Gasteiger partial charge is 0.326 e. The van der Waals surface area contributed by atoms with Gasteiger partial charge in [0.15, 0.2) is 0 Å². The quantitative estimate of drug-likeness (QED) is 0.920. The summed E-state index contributed by atoms with van der Waals surface area (Å²) in [4.78, 5) is 6.84. The molecule has 0 aliphatic carbocycles. The van der Waals surface area contributed by atoms with Crippen LogP contribution >= 0.6 is 38.6 Å². The highest BCUT2D eigenvalue weighted by Gasteiger charge is 2.11. The van der Waals surface area contributed by atoms with E-state index in [9.17, 15) is 0 Å². The second-order valence-corrected chi connectivity index (χ2v) is 6.56. The minimum Gasteiger partial charge on any atom is -0.326 e. The van der Waals surface area contributed by atoms with Gasteiger partial charge in [0.05, 0.1) is 19.4 Å². The maximum atomic E-state index is 5.67. The van der Waals surface area contributed by atoms with Crippen LogP contribution in [-0.4, -0.2) is 4.98 Å². The van der Waals surface area contributed by atoms with Gasteiger partial charge in [0.2, 0.25) is 0 Å². The second kappa shape index (κ2) is 4.10. The SMILES string of the molecule is Cc1nc(-c2ccc(Br)s2)c(CN)s1. The average molecular weight is 289 g/mol. The van der Waals surface area contributed by atoms with Gasteiger partial charge in [0.1, 0.15) is 0 Å². The molecule has 2 aromatic rings. The second-order valence-electron chi connectivity index (χ2n) is 2.81. The van der Waals surface area contributed by atoms with Crippen molar-refractivity contribution in [2.45, 2.75) is 13.5 Å². The van der Waals surface area contributed by atoms with Crippen molar-refractivity contribution in [1.82, 2.24) is 4.98 Å². The molecule has 2 nitrogen and oxygen atoms in total. The van der Waals surface area contributed by atoms with Crippen molar-refractivity contribution >= 4 is 38.6 Å². The van der Waals surface area contributed by atoms with Crippen LogP contribution in [0.5, 0.6) is 0 Å². The maximum Gasteiger partial charge on any atom is 0.0959 e. The molecule has 14 heavy (non-hydrogen) atoms. The van der Waals surface area contributed by atoms with Gasteiger partial charge in [0.25, 0.3) is 0 Å². The highest BCUT2D eigenvalue weighted by molar-refractivity contribution is 9.11. The number of thiophene rings is 1. The molecule has 0 unspecified atom stereocenters. The Morgan fingerprint density at radius 1 is 1.43 bits per heavy atom. The minimum absolute atomic E-state index is 0.566. The monoisotopic (exact) mass is 288 g/mol. The fourth-order valence-corrected chi connectivity index (χ4v) is 3.54. The van der Waals surface area contributed by atoms with Crippen LogP contribution in [0.2, 0.25) is 0 Å². The number of hydrogen-bond donors (Lipinski definition) is 1. The van der Waals surface area contributed by atoms with Crippen LogP contribution in [0, 0.1) is 6.92 Å². The molecule has 0 aliphatic heterocycles. The van der Waals surface area contributed by atoms with Gasteiger partial charge in [-0.05, 0) is 35.0 Å². The molecular formula is C9H9BrN2S2. The number of halogens is 1. The van der Waals surface area contributed by atoms with Crippen LogP contribution in [0.15, 0.2) is 15.9 Å². The number of rotatable bonds is 2. The van der Waals surface area contributed by atoms with Crippen molar-refractivity contribution in [3.63, 3.8) is 0 Å². The zero-order valence-electron chi connectivity index (χ0n) is 7.58. The smallest absolute Gasteiger partial charge is 0.0959 e. The van der Waals surface area contributed by atoms with Crippen molar-refractivity contribution in [2.75, 3.05) is 0 Å². The summed E-state index contributed by atoms with van der Waals surface area (Å²) in [7, 11) is 0. The number of aromatic nitrogens is 1. The summed E-state index contributed by atoms with van der Waals surface area (Å²) in [5.41, 5.74) is 6.72. The molecule has 2 aromatic heterocycles. The van der Waals surface area contributed by atoms with Gasteiger partial charge in [-0.1, -0.05) is 0 Å². The van der Waals surface area contributed by atoms with Crippen LogP contribution in [0.25, 0.3) is 10.6 Å². The first-order valence-electron chi connectivity index (χ1n) is 4.13. The molecule has 0 atom stereocenters. The molecule has 0 aliphatic rings. The van der Waals surface area contributed by atoms with E-state index < -0.39 is 0 Å². The Hall–Kier alpha value is -0.230. The summed E-state index contributed by atoms with van der Waals surface area (Å²) in [5.74, 6) is 0. The van der Waals surface area contributed by atoms with Crippen molar-refractivity contribution in [3.8, 4) is 10.6 Å². The summed E-state index contributed by atoms with van der Waals surface area (Å²) in [6.07, 6.45) is 0. The van der Waals surface area contributed by atoms with E-state index in [-0.39, 0.29) is 0 Å². The lowest BCUT2D eigenvalue weighted by Crippen LogP contribution is -1.94. The molecule has 0 saturated heterocycles. The Morgan fingerprint density at radius 3 is 2.79 bits per heavy atom. The van der Waals surface area contributed by atoms with E-state index in [1.807, 2.05) is 13.0 Å². The predicted molar refractivity (Wildman–Crippen MR) is 65.8 cm³/mol. The molecule has 0 saturated carbocycles. The van der Waals surface area contributed by atoms with E-state index in [2.05, 4.69) is 27.0 Å². The van der Waals surface area contributed by atoms with Crippen LogP contribution in [0.3, 0.4) is 0 Å². The topological polar surface area (TPSA) is 38.9 Å². The van der Waals surface area contributed by atoms with E-state index in [4.69, 9.17) is 5.73 Å². The number of nitrogens with zero attached hydrogens (tertiary/aromatic N) is 1. The van der Waals surface area contributed by atoms with Gasteiger partial charge in [-0.3, -0.25) is 0 Å². The number of thiazole rings is 1. The summed E-state index contributed by atoms with van der Waals surface area (Å²) in [6, 6.07) is 4.11. The molecular weight excluding hydrogens is 280 g/mol. The zero-order valence-corrected chi connectivity index (χ0v) is 10.8. The minimum atomic E-state index is 0.566. The van der Waals surface area contributed by atoms with E-state index in [0.29, 0.717) is 6.54 Å². The normalized spacial score (nSPS) is 10.8. The van der Waals surface area contributed by atoms with Gasteiger partial charge < -0.3 is 5.73 Å². The first-order chi connectivity index (χ1) is 6.70. The number of hydrogen-bond acceptors (Lipinski definition) is 4. The molecule has 0 aromatic carbocycles. The fourth-order valence-electron chi connectivity index (χ4n) is 1.24. The molecule has 0 amide bonds. The lowest BCUT2D eigenvalue weighted by molar-refractivity contribution is 1.10. The van der Waals surface area contributed by atoms with Crippen molar-refractivity contribution in [3.05, 3.63) is 25.8 Å². The van der Waals surface area contributed by atoms with Gasteiger partial charge in [-0.25, -0.2) is 4.98 Å². The highest BCUT2D eigenvalue weighted by atomic mass is 79.9.